The van der Waals surface area contributed by atoms with Gasteiger partial charge in [0.25, 0.3) is 10.0 Å². The molecule has 0 amide bonds. The second kappa shape index (κ2) is 9.51. The SMILES string of the molecule is COc1ccc(Cc2nc(-c3ccc(NS(=O)(=O)c4ccc(Cl)cc4)cc3)no2)cc1OC. The van der Waals surface area contributed by atoms with E-state index in [9.17, 15) is 8.42 Å². The fraction of sp³-hybridized carbons (Fsp3) is 0.130. The third-order valence-electron chi connectivity index (χ3n) is 4.79. The first-order valence-electron chi connectivity index (χ1n) is 9.80. The van der Waals surface area contributed by atoms with Gasteiger partial charge in [-0.1, -0.05) is 22.8 Å². The van der Waals surface area contributed by atoms with Crippen LogP contribution >= 0.6 is 11.6 Å². The number of hydrogen-bond donors (Lipinski definition) is 1. The molecule has 10 heteroatoms. The number of benzene rings is 3. The first-order chi connectivity index (χ1) is 15.9. The molecule has 1 N–H and O–H groups in total. The standard InChI is InChI=1S/C23H20ClN3O5S/c1-30-20-12-3-15(13-21(20)31-2)14-22-25-23(26-32-22)16-4-8-18(9-5-16)27-33(28,29)19-10-6-17(24)7-11-19/h3-13,27H,14H2,1-2H3. The molecule has 3 aromatic carbocycles. The van der Waals surface area contributed by atoms with E-state index in [0.717, 1.165) is 5.56 Å². The lowest BCUT2D eigenvalue weighted by atomic mass is 10.1. The second-order valence-electron chi connectivity index (χ2n) is 7.01. The summed E-state index contributed by atoms with van der Waals surface area (Å²) >= 11 is 5.83. The summed E-state index contributed by atoms with van der Waals surface area (Å²) in [5.74, 6) is 2.09. The fourth-order valence-corrected chi connectivity index (χ4v) is 4.31. The molecule has 4 rings (SSSR count). The molecule has 4 aromatic rings. The molecule has 0 aliphatic carbocycles. The largest absolute Gasteiger partial charge is 0.493 e. The molecule has 8 nitrogen and oxygen atoms in total. The van der Waals surface area contributed by atoms with Gasteiger partial charge in [-0.25, -0.2) is 8.42 Å². The molecule has 0 aliphatic heterocycles. The van der Waals surface area contributed by atoms with Crippen molar-refractivity contribution in [3.8, 4) is 22.9 Å². The number of nitrogens with one attached hydrogen (secondary N) is 1. The summed E-state index contributed by atoms with van der Waals surface area (Å²) in [6, 6.07) is 18.2. The molecule has 0 unspecified atom stereocenters. The van der Waals surface area contributed by atoms with Crippen LogP contribution in [0.15, 0.2) is 76.1 Å². The van der Waals surface area contributed by atoms with Crippen LogP contribution < -0.4 is 14.2 Å². The molecule has 0 saturated carbocycles. The highest BCUT2D eigenvalue weighted by atomic mass is 35.5. The Hall–Kier alpha value is -3.56. The Morgan fingerprint density at radius 3 is 2.30 bits per heavy atom. The van der Waals surface area contributed by atoms with Crippen LogP contribution in [0, 0.1) is 0 Å². The Labute approximate surface area is 196 Å². The first kappa shape index (κ1) is 22.6. The van der Waals surface area contributed by atoms with Crippen LogP contribution in [0.2, 0.25) is 5.02 Å². The Balaban J connectivity index is 1.46. The van der Waals surface area contributed by atoms with E-state index in [2.05, 4.69) is 14.9 Å². The average Bonchev–Trinajstić information content (AvgIpc) is 3.28. The number of ether oxygens (including phenoxy) is 2. The maximum absolute atomic E-state index is 12.5. The molecular formula is C23H20ClN3O5S. The van der Waals surface area contributed by atoms with Crippen molar-refractivity contribution in [1.82, 2.24) is 10.1 Å². The lowest BCUT2D eigenvalue weighted by molar-refractivity contribution is 0.354. The van der Waals surface area contributed by atoms with E-state index in [-0.39, 0.29) is 4.90 Å². The minimum atomic E-state index is -3.73. The van der Waals surface area contributed by atoms with Crippen molar-refractivity contribution in [2.75, 3.05) is 18.9 Å². The van der Waals surface area contributed by atoms with Crippen molar-refractivity contribution in [2.45, 2.75) is 11.3 Å². The van der Waals surface area contributed by atoms with Gasteiger partial charge >= 0.3 is 0 Å². The van der Waals surface area contributed by atoms with E-state index in [4.69, 9.17) is 25.6 Å². The zero-order valence-corrected chi connectivity index (χ0v) is 19.4. The molecule has 0 aliphatic rings. The smallest absolute Gasteiger partial charge is 0.261 e. The van der Waals surface area contributed by atoms with E-state index < -0.39 is 10.0 Å². The summed E-state index contributed by atoms with van der Waals surface area (Å²) in [7, 11) is -0.572. The molecule has 0 spiro atoms. The van der Waals surface area contributed by atoms with E-state index in [1.807, 2.05) is 18.2 Å². The van der Waals surface area contributed by atoms with Crippen molar-refractivity contribution < 1.29 is 22.4 Å². The minimum absolute atomic E-state index is 0.119. The Bertz CT molecular complexity index is 1350. The molecule has 1 aromatic heterocycles. The lowest BCUT2D eigenvalue weighted by Gasteiger charge is -2.08. The number of aromatic nitrogens is 2. The number of nitrogens with zero attached hydrogens (tertiary/aromatic N) is 2. The van der Waals surface area contributed by atoms with Crippen molar-refractivity contribution in [3.05, 3.63) is 83.2 Å². The van der Waals surface area contributed by atoms with Crippen molar-refractivity contribution in [1.29, 1.82) is 0 Å². The van der Waals surface area contributed by atoms with Gasteiger partial charge in [0.1, 0.15) is 0 Å². The van der Waals surface area contributed by atoms with Gasteiger partial charge in [0.15, 0.2) is 11.5 Å². The summed E-state index contributed by atoms with van der Waals surface area (Å²) in [5.41, 5.74) is 2.02. The van der Waals surface area contributed by atoms with E-state index in [1.165, 1.54) is 24.3 Å². The highest BCUT2D eigenvalue weighted by Crippen LogP contribution is 2.29. The van der Waals surface area contributed by atoms with Crippen molar-refractivity contribution in [3.63, 3.8) is 0 Å². The summed E-state index contributed by atoms with van der Waals surface area (Å²) in [5, 5.41) is 4.49. The molecule has 0 radical (unpaired) electrons. The van der Waals surface area contributed by atoms with Crippen molar-refractivity contribution >= 4 is 27.3 Å². The lowest BCUT2D eigenvalue weighted by Crippen LogP contribution is -2.12. The van der Waals surface area contributed by atoms with Gasteiger partial charge in [-0.2, -0.15) is 4.98 Å². The zero-order chi connectivity index (χ0) is 23.4. The molecule has 33 heavy (non-hydrogen) atoms. The number of rotatable bonds is 8. The third kappa shape index (κ3) is 5.27. The number of methoxy groups -OCH3 is 2. The Morgan fingerprint density at radius 2 is 1.64 bits per heavy atom. The molecular weight excluding hydrogens is 466 g/mol. The van der Waals surface area contributed by atoms with Crippen LogP contribution in [0.5, 0.6) is 11.5 Å². The first-order valence-corrected chi connectivity index (χ1v) is 11.7. The third-order valence-corrected chi connectivity index (χ3v) is 6.44. The minimum Gasteiger partial charge on any atom is -0.493 e. The normalized spacial score (nSPS) is 11.2. The maximum atomic E-state index is 12.5. The number of halogens is 1. The second-order valence-corrected chi connectivity index (χ2v) is 9.13. The quantitative estimate of drug-likeness (QED) is 0.382. The van der Waals surface area contributed by atoms with E-state index >= 15 is 0 Å². The molecule has 0 bridgehead atoms. The van der Waals surface area contributed by atoms with Gasteiger partial charge < -0.3 is 14.0 Å². The average molecular weight is 486 g/mol. The van der Waals surface area contributed by atoms with Gasteiger partial charge in [-0.3, -0.25) is 4.72 Å². The van der Waals surface area contributed by atoms with Gasteiger partial charge in [-0.05, 0) is 66.2 Å². The predicted molar refractivity (Wildman–Crippen MR) is 124 cm³/mol. The summed E-state index contributed by atoms with van der Waals surface area (Å²) < 4.78 is 43.5. The fourth-order valence-electron chi connectivity index (χ4n) is 3.12. The zero-order valence-electron chi connectivity index (χ0n) is 17.8. The van der Waals surface area contributed by atoms with Crippen LogP contribution in [-0.4, -0.2) is 32.8 Å². The Morgan fingerprint density at radius 1 is 0.939 bits per heavy atom. The van der Waals surface area contributed by atoms with E-state index in [1.54, 1.807) is 38.5 Å². The van der Waals surface area contributed by atoms with Crippen LogP contribution in [0.3, 0.4) is 0 Å². The van der Waals surface area contributed by atoms with Gasteiger partial charge in [-0.15, -0.1) is 0 Å². The topological polar surface area (TPSA) is 104 Å². The molecule has 0 saturated heterocycles. The molecule has 0 atom stereocenters. The van der Waals surface area contributed by atoms with Crippen LogP contribution in [0.4, 0.5) is 5.69 Å². The number of sulfonamides is 1. The predicted octanol–water partition coefficient (Wildman–Crippen LogP) is 4.80. The Kier molecular flexibility index (Phi) is 6.52. The summed E-state index contributed by atoms with van der Waals surface area (Å²) in [6.07, 6.45) is 0.423. The highest BCUT2D eigenvalue weighted by Gasteiger charge is 2.15. The van der Waals surface area contributed by atoms with Gasteiger partial charge in [0.2, 0.25) is 11.7 Å². The maximum Gasteiger partial charge on any atom is 0.261 e. The molecule has 0 fully saturated rings. The van der Waals surface area contributed by atoms with Crippen LogP contribution in [0.25, 0.3) is 11.4 Å². The summed E-state index contributed by atoms with van der Waals surface area (Å²) in [6.45, 7) is 0. The summed E-state index contributed by atoms with van der Waals surface area (Å²) in [4.78, 5) is 4.55. The van der Waals surface area contributed by atoms with Gasteiger partial charge in [0, 0.05) is 16.3 Å². The monoisotopic (exact) mass is 485 g/mol. The van der Waals surface area contributed by atoms with E-state index in [0.29, 0.717) is 45.9 Å². The number of anilines is 1. The molecule has 170 valence electrons. The van der Waals surface area contributed by atoms with Gasteiger partial charge in [0.05, 0.1) is 25.5 Å². The van der Waals surface area contributed by atoms with Crippen LogP contribution in [-0.2, 0) is 16.4 Å². The van der Waals surface area contributed by atoms with Crippen molar-refractivity contribution in [2.24, 2.45) is 0 Å². The number of hydrogen-bond acceptors (Lipinski definition) is 7. The molecule has 1 heterocycles. The highest BCUT2D eigenvalue weighted by molar-refractivity contribution is 7.92. The van der Waals surface area contributed by atoms with Crippen LogP contribution in [0.1, 0.15) is 11.5 Å².